The van der Waals surface area contributed by atoms with Crippen LogP contribution in [0, 0.1) is 30.2 Å². The third-order valence-corrected chi connectivity index (χ3v) is 16.2. The van der Waals surface area contributed by atoms with Gasteiger partial charge < -0.3 is 9.67 Å². The first kappa shape index (κ1) is 46.0. The van der Waals surface area contributed by atoms with Crippen LogP contribution in [0.4, 0.5) is 0 Å². The molecule has 1 spiro atoms. The zero-order valence-corrected chi connectivity index (χ0v) is 40.3. The Morgan fingerprint density at radius 2 is 1.36 bits per heavy atom. The summed E-state index contributed by atoms with van der Waals surface area (Å²) in [5.74, 6) is 0.963. The van der Waals surface area contributed by atoms with Crippen LogP contribution in [0.2, 0.25) is 0 Å². The maximum Gasteiger partial charge on any atom is 0.164 e. The summed E-state index contributed by atoms with van der Waals surface area (Å²) in [7, 11) is 4.49. The molecule has 0 bridgehead atoms. The van der Waals surface area contributed by atoms with Gasteiger partial charge in [-0.2, -0.15) is 12.5 Å². The number of thiophene rings is 1. The maximum absolute atomic E-state index is 12.2. The molecule has 0 atom stereocenters. The first-order chi connectivity index (χ1) is 27.0. The van der Waals surface area contributed by atoms with Crippen LogP contribution in [0.3, 0.4) is 0 Å². The largest absolute Gasteiger partial charge is 0.512 e. The molecule has 1 radical (unpaired) electrons. The molecule has 0 unspecified atom stereocenters. The number of benzene rings is 3. The van der Waals surface area contributed by atoms with E-state index < -0.39 is 0 Å². The van der Waals surface area contributed by atoms with Crippen LogP contribution in [0.5, 0.6) is 0 Å². The molecule has 2 saturated carbocycles. The summed E-state index contributed by atoms with van der Waals surface area (Å²) in [6, 6.07) is 20.5. The van der Waals surface area contributed by atoms with Gasteiger partial charge in [0.1, 0.15) is 5.76 Å². The Hall–Kier alpha value is -3.11. The van der Waals surface area contributed by atoms with Crippen LogP contribution >= 0.6 is 11.3 Å². The number of aromatic nitrogens is 1. The van der Waals surface area contributed by atoms with Gasteiger partial charge in [0.05, 0.1) is 11.9 Å². The van der Waals surface area contributed by atoms with Crippen molar-refractivity contribution in [3.05, 3.63) is 103 Å². The van der Waals surface area contributed by atoms with E-state index in [1.54, 1.807) is 5.56 Å². The number of carbonyl (C=O) groups excluding carboxylic acids is 1. The smallest absolute Gasteiger partial charge is 0.164 e. The number of hydrogen-bond acceptors (Lipinski definition) is 3. The summed E-state index contributed by atoms with van der Waals surface area (Å²) in [5.41, 5.74) is 6.50. The molecule has 1 N–H and O–H groups in total. The van der Waals surface area contributed by atoms with Crippen molar-refractivity contribution in [1.82, 2.24) is 0 Å². The number of aliphatic hydroxyl groups is 1. The molecule has 3 aromatic carbocycles. The quantitative estimate of drug-likeness (QED) is 0.0692. The number of nitrogens with zero attached hydrogens (tertiary/aromatic N) is 1. The Bertz CT molecular complexity index is 2250. The first-order valence-corrected chi connectivity index (χ1v) is 22.9. The van der Waals surface area contributed by atoms with E-state index in [1.807, 2.05) is 52.9 Å². The third-order valence-electron chi connectivity index (χ3n) is 14.9. The van der Waals surface area contributed by atoms with E-state index in [0.29, 0.717) is 11.3 Å². The van der Waals surface area contributed by atoms with Gasteiger partial charge in [0.15, 0.2) is 5.78 Å². The molecule has 2 fully saturated rings. The minimum Gasteiger partial charge on any atom is -0.512 e. The van der Waals surface area contributed by atoms with Crippen molar-refractivity contribution < 1.29 is 34.6 Å². The molecule has 315 valence electrons. The monoisotopic (exact) mass is 977 g/mol. The molecule has 7 rings (SSSR count). The molecule has 2 aliphatic carbocycles. The van der Waals surface area contributed by atoms with Crippen molar-refractivity contribution in [2.24, 2.45) is 16.2 Å². The first-order valence-electron chi connectivity index (χ1n) is 22.1. The van der Waals surface area contributed by atoms with E-state index in [-0.39, 0.29) is 47.9 Å². The third kappa shape index (κ3) is 8.84. The molecule has 5 heteroatoms. The predicted molar refractivity (Wildman–Crippen MR) is 246 cm³/mol. The fraction of sp³-hybridized carbons (Fsp3) is 0.509. The number of fused-ring (bicyclic) bond motifs is 4. The van der Waals surface area contributed by atoms with Crippen molar-refractivity contribution >= 4 is 48.1 Å². The Morgan fingerprint density at radius 1 is 0.793 bits per heavy atom. The fourth-order valence-corrected chi connectivity index (χ4v) is 11.2. The van der Waals surface area contributed by atoms with Gasteiger partial charge in [-0.15, -0.1) is 34.4 Å². The van der Waals surface area contributed by atoms with E-state index in [4.69, 9.17) is 0 Å². The molecular weight excluding hydrogens is 907 g/mol. The van der Waals surface area contributed by atoms with E-state index in [1.165, 1.54) is 112 Å². The van der Waals surface area contributed by atoms with Crippen molar-refractivity contribution in [2.75, 3.05) is 0 Å². The van der Waals surface area contributed by atoms with Gasteiger partial charge in [0.2, 0.25) is 0 Å². The van der Waals surface area contributed by atoms with Gasteiger partial charge in [-0.25, -0.2) is 0 Å². The second-order valence-electron chi connectivity index (χ2n) is 19.2. The molecular formula is C53H70IrNO2S-. The Balaban J connectivity index is 0.000000304. The van der Waals surface area contributed by atoms with E-state index >= 15 is 0 Å². The molecule has 3 nitrogen and oxygen atoms in total. The van der Waals surface area contributed by atoms with E-state index in [2.05, 4.69) is 100 Å². The number of pyridine rings is 1. The zero-order valence-electron chi connectivity index (χ0n) is 37.1. The van der Waals surface area contributed by atoms with E-state index in [9.17, 15) is 9.90 Å². The number of ketones is 1. The second kappa shape index (κ2) is 18.2. The van der Waals surface area contributed by atoms with Gasteiger partial charge in [-0.3, -0.25) is 4.79 Å². The molecule has 2 aromatic heterocycles. The normalized spacial score (nSPS) is 16.7. The van der Waals surface area contributed by atoms with Crippen LogP contribution in [0.25, 0.3) is 42.2 Å². The molecule has 0 aliphatic heterocycles. The number of carbonyl (C=O) groups is 1. The van der Waals surface area contributed by atoms with E-state index in [0.717, 1.165) is 31.2 Å². The summed E-state index contributed by atoms with van der Waals surface area (Å²) in [6.45, 7) is 23.7. The SMILES string of the molecule is CCC(C)(CC)C(=O)/C=C(\O)C(C)(CC)CC.[CH2-]c1c(-c2c3sc4c(C5CCC6(CCCCC6)CC5)cccc4c3cc[n+]2[CH2-])cc(C(C)(C)C)c2ccccc12.[Ir]. The summed E-state index contributed by atoms with van der Waals surface area (Å²) < 4.78 is 4.90. The Kier molecular flexibility index (Phi) is 14.5. The minimum absolute atomic E-state index is 0. The maximum atomic E-state index is 12.2. The van der Waals surface area contributed by atoms with Gasteiger partial charge in [0, 0.05) is 53.5 Å². The van der Waals surface area contributed by atoms with Gasteiger partial charge in [0.25, 0.3) is 0 Å². The van der Waals surface area contributed by atoms with Gasteiger partial charge >= 0.3 is 0 Å². The molecule has 2 heterocycles. The number of allylic oxidation sites excluding steroid dienone is 2. The molecule has 0 saturated heterocycles. The molecule has 58 heavy (non-hydrogen) atoms. The van der Waals surface area contributed by atoms with Crippen molar-refractivity contribution in [1.29, 1.82) is 0 Å². The second-order valence-corrected chi connectivity index (χ2v) is 20.2. The minimum atomic E-state index is -0.337. The summed E-state index contributed by atoms with van der Waals surface area (Å²) in [5, 5.41) is 15.4. The average Bonchev–Trinajstić information content (AvgIpc) is 3.60. The van der Waals surface area contributed by atoms with Crippen molar-refractivity contribution in [3.8, 4) is 11.3 Å². The van der Waals surface area contributed by atoms with Crippen LogP contribution < -0.4 is 4.57 Å². The van der Waals surface area contributed by atoms with Crippen LogP contribution in [0.15, 0.2) is 72.6 Å². The fourth-order valence-electron chi connectivity index (χ4n) is 9.76. The number of aliphatic hydroxyl groups excluding tert-OH is 1. The predicted octanol–water partition coefficient (Wildman–Crippen LogP) is 15.5. The molecule has 0 amide bonds. The topological polar surface area (TPSA) is 41.2 Å². The van der Waals surface area contributed by atoms with Crippen LogP contribution in [-0.2, 0) is 30.3 Å². The molecule has 5 aromatic rings. The Morgan fingerprint density at radius 3 is 1.95 bits per heavy atom. The van der Waals surface area contributed by atoms with Gasteiger partial charge in [-0.1, -0.05) is 129 Å². The zero-order chi connectivity index (χ0) is 41.3. The number of rotatable bonds is 9. The van der Waals surface area contributed by atoms with Crippen molar-refractivity contribution in [3.63, 3.8) is 0 Å². The van der Waals surface area contributed by atoms with Crippen molar-refractivity contribution in [2.45, 2.75) is 157 Å². The summed E-state index contributed by atoms with van der Waals surface area (Å²) in [4.78, 5) is 12.2. The Labute approximate surface area is 368 Å². The number of hydrogen-bond donors (Lipinski definition) is 1. The summed E-state index contributed by atoms with van der Waals surface area (Å²) >= 11 is 1.98. The summed E-state index contributed by atoms with van der Waals surface area (Å²) in [6.07, 6.45) is 19.7. The molecule has 2 aliphatic rings. The van der Waals surface area contributed by atoms with Crippen LogP contribution in [-0.4, -0.2) is 10.9 Å². The van der Waals surface area contributed by atoms with Crippen LogP contribution in [0.1, 0.15) is 168 Å². The van der Waals surface area contributed by atoms with Gasteiger partial charge in [-0.05, 0) is 103 Å². The standard InChI is InChI=1S/C38H42NS.C15H28O2.Ir/c1-25-27-12-7-8-13-29(27)33(37(2,3)4)24-32(25)34-36-31(18-23-39(34)5)30-15-11-14-28(35(30)40-36)26-16-21-38(22-17-26)19-9-6-10-20-38;1-7-14(5,8-2)12(16)11-13(17)15(6,9-3)10-4;/h7-8,11-15,18,23-24,26H,1,5-6,9-10,16-17,19-22H2,2-4H3;11,16H,7-10H2,1-6H3;/q-1;;/b;12-11-;. The average molecular weight is 977 g/mol.